The first-order chi connectivity index (χ1) is 9.11. The molecule has 0 spiro atoms. The van der Waals surface area contributed by atoms with Crippen molar-refractivity contribution in [3.8, 4) is 0 Å². The molecule has 0 saturated heterocycles. The summed E-state index contributed by atoms with van der Waals surface area (Å²) in [6.45, 7) is 1.92. The minimum absolute atomic E-state index is 0.0696. The van der Waals surface area contributed by atoms with Crippen LogP contribution in [-0.2, 0) is 9.53 Å². The van der Waals surface area contributed by atoms with Crippen LogP contribution in [-0.4, -0.2) is 36.0 Å². The van der Waals surface area contributed by atoms with E-state index in [9.17, 15) is 14.0 Å². The molecule has 0 heterocycles. The van der Waals surface area contributed by atoms with Crippen LogP contribution in [0.3, 0.4) is 0 Å². The van der Waals surface area contributed by atoms with Crippen molar-refractivity contribution < 1.29 is 18.7 Å². The van der Waals surface area contributed by atoms with Crippen LogP contribution in [0, 0.1) is 5.82 Å². The summed E-state index contributed by atoms with van der Waals surface area (Å²) in [5.41, 5.74) is 0.260. The Morgan fingerprint density at radius 1 is 1.42 bits per heavy atom. The van der Waals surface area contributed by atoms with Gasteiger partial charge in [-0.3, -0.25) is 9.59 Å². The van der Waals surface area contributed by atoms with E-state index >= 15 is 0 Å². The molecule has 1 fully saturated rings. The van der Waals surface area contributed by atoms with E-state index in [1.54, 1.807) is 13.0 Å². The maximum Gasteiger partial charge on any atom is 0.325 e. The van der Waals surface area contributed by atoms with Crippen molar-refractivity contribution in [3.63, 3.8) is 0 Å². The molecular formula is C14H16FNO3. The fourth-order valence-electron chi connectivity index (χ4n) is 1.89. The van der Waals surface area contributed by atoms with Crippen LogP contribution in [0.5, 0.6) is 0 Å². The van der Waals surface area contributed by atoms with Crippen molar-refractivity contribution in [2.24, 2.45) is 0 Å². The Bertz CT molecular complexity index is 485. The van der Waals surface area contributed by atoms with Crippen LogP contribution >= 0.6 is 0 Å². The van der Waals surface area contributed by atoms with Crippen molar-refractivity contribution in [1.82, 2.24) is 4.90 Å². The number of nitrogens with zero attached hydrogens (tertiary/aromatic N) is 1. The summed E-state index contributed by atoms with van der Waals surface area (Å²) in [5.74, 6) is -1.22. The monoisotopic (exact) mass is 265 g/mol. The molecule has 0 atom stereocenters. The molecule has 1 saturated carbocycles. The van der Waals surface area contributed by atoms with Crippen LogP contribution in [0.25, 0.3) is 0 Å². The van der Waals surface area contributed by atoms with Crippen molar-refractivity contribution in [3.05, 3.63) is 35.6 Å². The Morgan fingerprint density at radius 2 is 2.16 bits per heavy atom. The van der Waals surface area contributed by atoms with Gasteiger partial charge >= 0.3 is 5.97 Å². The molecule has 5 heteroatoms. The molecule has 1 aromatic rings. The number of rotatable bonds is 5. The molecule has 4 nitrogen and oxygen atoms in total. The number of carbonyl (C=O) groups is 2. The van der Waals surface area contributed by atoms with Crippen LogP contribution in [0.15, 0.2) is 24.3 Å². The Labute approximate surface area is 111 Å². The van der Waals surface area contributed by atoms with E-state index < -0.39 is 11.8 Å². The largest absolute Gasteiger partial charge is 0.465 e. The molecule has 0 unspecified atom stereocenters. The average molecular weight is 265 g/mol. The quantitative estimate of drug-likeness (QED) is 0.765. The van der Waals surface area contributed by atoms with Crippen molar-refractivity contribution in [2.45, 2.75) is 25.8 Å². The highest BCUT2D eigenvalue weighted by Crippen LogP contribution is 2.28. The van der Waals surface area contributed by atoms with Gasteiger partial charge in [0.15, 0.2) is 0 Å². The van der Waals surface area contributed by atoms with Gasteiger partial charge in [0.1, 0.15) is 12.4 Å². The van der Waals surface area contributed by atoms with E-state index in [2.05, 4.69) is 0 Å². The zero-order chi connectivity index (χ0) is 13.8. The number of ether oxygens (including phenoxy) is 1. The Balaban J connectivity index is 2.10. The van der Waals surface area contributed by atoms with Gasteiger partial charge in [-0.05, 0) is 38.0 Å². The van der Waals surface area contributed by atoms with E-state index in [0.29, 0.717) is 0 Å². The second-order valence-corrected chi connectivity index (χ2v) is 4.48. The highest BCUT2D eigenvalue weighted by Gasteiger charge is 2.34. The highest BCUT2D eigenvalue weighted by molar-refractivity contribution is 5.96. The minimum Gasteiger partial charge on any atom is -0.465 e. The van der Waals surface area contributed by atoms with Crippen LogP contribution < -0.4 is 0 Å². The average Bonchev–Trinajstić information content (AvgIpc) is 3.20. The Kier molecular flexibility index (Phi) is 4.14. The molecule has 19 heavy (non-hydrogen) atoms. The smallest absolute Gasteiger partial charge is 0.325 e. The number of hydrogen-bond donors (Lipinski definition) is 0. The maximum absolute atomic E-state index is 13.1. The standard InChI is InChI=1S/C14H16FNO3/c1-2-19-13(17)9-16(12-6-7-12)14(18)10-4-3-5-11(15)8-10/h3-5,8,12H,2,6-7,9H2,1H3. The zero-order valence-corrected chi connectivity index (χ0v) is 10.8. The predicted octanol–water partition coefficient (Wildman–Crippen LogP) is 1.99. The lowest BCUT2D eigenvalue weighted by Gasteiger charge is -2.21. The first-order valence-electron chi connectivity index (χ1n) is 6.34. The molecule has 0 aromatic heterocycles. The lowest BCUT2D eigenvalue weighted by Crippen LogP contribution is -2.38. The minimum atomic E-state index is -0.460. The SMILES string of the molecule is CCOC(=O)CN(C(=O)c1cccc(F)c1)C1CC1. The molecule has 1 aromatic carbocycles. The van der Waals surface area contributed by atoms with Gasteiger partial charge in [-0.2, -0.15) is 0 Å². The van der Waals surface area contributed by atoms with Crippen molar-refractivity contribution in [2.75, 3.05) is 13.2 Å². The van der Waals surface area contributed by atoms with Gasteiger partial charge in [0.2, 0.25) is 0 Å². The van der Waals surface area contributed by atoms with Crippen LogP contribution in [0.4, 0.5) is 4.39 Å². The predicted molar refractivity (Wildman–Crippen MR) is 67.1 cm³/mol. The summed E-state index contributed by atoms with van der Waals surface area (Å²) < 4.78 is 18.0. The van der Waals surface area contributed by atoms with E-state index in [-0.39, 0.29) is 30.7 Å². The summed E-state index contributed by atoms with van der Waals surface area (Å²) in [7, 11) is 0. The molecule has 0 radical (unpaired) electrons. The van der Waals surface area contributed by atoms with E-state index in [0.717, 1.165) is 12.8 Å². The van der Waals surface area contributed by atoms with Gasteiger partial charge in [-0.25, -0.2) is 4.39 Å². The Hall–Kier alpha value is -1.91. The van der Waals surface area contributed by atoms with Crippen molar-refractivity contribution in [1.29, 1.82) is 0 Å². The lowest BCUT2D eigenvalue weighted by molar-refractivity contribution is -0.144. The molecule has 1 aliphatic carbocycles. The van der Waals surface area contributed by atoms with Gasteiger partial charge in [0.05, 0.1) is 6.61 Å². The van der Waals surface area contributed by atoms with E-state index in [4.69, 9.17) is 4.74 Å². The number of benzene rings is 1. The van der Waals surface area contributed by atoms with Gasteiger partial charge in [-0.15, -0.1) is 0 Å². The molecule has 102 valence electrons. The van der Waals surface area contributed by atoms with Gasteiger partial charge in [0, 0.05) is 11.6 Å². The number of halogens is 1. The van der Waals surface area contributed by atoms with E-state index in [1.807, 2.05) is 0 Å². The molecule has 0 aliphatic heterocycles. The molecular weight excluding hydrogens is 249 g/mol. The summed E-state index contributed by atoms with van der Waals surface area (Å²) in [6.07, 6.45) is 1.75. The third-order valence-electron chi connectivity index (χ3n) is 2.92. The first kappa shape index (κ1) is 13.5. The van der Waals surface area contributed by atoms with Crippen molar-refractivity contribution >= 4 is 11.9 Å². The topological polar surface area (TPSA) is 46.6 Å². The van der Waals surface area contributed by atoms with E-state index in [1.165, 1.54) is 23.1 Å². The molecule has 0 N–H and O–H groups in total. The number of carbonyl (C=O) groups excluding carboxylic acids is 2. The van der Waals surface area contributed by atoms with Gasteiger partial charge in [-0.1, -0.05) is 6.07 Å². The fraction of sp³-hybridized carbons (Fsp3) is 0.429. The van der Waals surface area contributed by atoms with Crippen LogP contribution in [0.1, 0.15) is 30.1 Å². The van der Waals surface area contributed by atoms with Crippen LogP contribution in [0.2, 0.25) is 0 Å². The molecule has 0 bridgehead atoms. The molecule has 1 amide bonds. The third-order valence-corrected chi connectivity index (χ3v) is 2.92. The zero-order valence-electron chi connectivity index (χ0n) is 10.8. The summed E-state index contributed by atoms with van der Waals surface area (Å²) >= 11 is 0. The number of hydrogen-bond acceptors (Lipinski definition) is 3. The highest BCUT2D eigenvalue weighted by atomic mass is 19.1. The summed E-state index contributed by atoms with van der Waals surface area (Å²) in [6, 6.07) is 5.57. The normalized spacial score (nSPS) is 14.0. The first-order valence-corrected chi connectivity index (χ1v) is 6.34. The lowest BCUT2D eigenvalue weighted by atomic mass is 10.2. The Morgan fingerprint density at radius 3 is 2.74 bits per heavy atom. The van der Waals surface area contributed by atoms with Gasteiger partial charge < -0.3 is 9.64 Å². The van der Waals surface area contributed by atoms with Gasteiger partial charge in [0.25, 0.3) is 5.91 Å². The molecule has 2 rings (SSSR count). The number of esters is 1. The number of amides is 1. The second kappa shape index (κ2) is 5.82. The summed E-state index contributed by atoms with van der Waals surface area (Å²) in [5, 5.41) is 0. The summed E-state index contributed by atoms with van der Waals surface area (Å²) in [4.78, 5) is 25.2. The second-order valence-electron chi connectivity index (χ2n) is 4.48. The third kappa shape index (κ3) is 3.53. The fourth-order valence-corrected chi connectivity index (χ4v) is 1.89. The maximum atomic E-state index is 13.1. The molecule has 1 aliphatic rings.